The molecule has 0 aliphatic heterocycles. The fourth-order valence-electron chi connectivity index (χ4n) is 4.29. The van der Waals surface area contributed by atoms with Crippen LogP contribution in [-0.4, -0.2) is 62.9 Å². The van der Waals surface area contributed by atoms with E-state index in [9.17, 15) is 15.3 Å². The molecule has 0 unspecified atom stereocenters. The Bertz CT molecular complexity index is 1000. The highest BCUT2D eigenvalue weighted by Crippen LogP contribution is 2.16. The van der Waals surface area contributed by atoms with Crippen LogP contribution in [0.25, 0.3) is 21.8 Å². The van der Waals surface area contributed by atoms with Gasteiger partial charge in [-0.05, 0) is 35.0 Å². The third-order valence-corrected chi connectivity index (χ3v) is 5.69. The van der Waals surface area contributed by atoms with E-state index >= 15 is 0 Å². The number of benzene rings is 2. The second kappa shape index (κ2) is 9.45. The molecule has 0 aliphatic rings. The molecule has 4 aromatic rings. The minimum absolute atomic E-state index is 0.0215. The number of nitrogens with one attached hydrogen (secondary N) is 1. The van der Waals surface area contributed by atoms with Gasteiger partial charge in [-0.1, -0.05) is 36.4 Å². The van der Waals surface area contributed by atoms with Gasteiger partial charge < -0.3 is 29.4 Å². The lowest BCUT2D eigenvalue weighted by Crippen LogP contribution is -3.14. The first-order valence-corrected chi connectivity index (χ1v) is 10.5. The van der Waals surface area contributed by atoms with Crippen molar-refractivity contribution < 1.29 is 20.2 Å². The summed E-state index contributed by atoms with van der Waals surface area (Å²) in [5, 5.41) is 33.1. The Balaban J connectivity index is 1.36. The van der Waals surface area contributed by atoms with Crippen LogP contribution in [-0.2, 0) is 13.1 Å². The Kier molecular flexibility index (Phi) is 6.50. The van der Waals surface area contributed by atoms with Crippen molar-refractivity contribution in [2.45, 2.75) is 25.3 Å². The molecule has 0 saturated heterocycles. The van der Waals surface area contributed by atoms with Gasteiger partial charge in [0.15, 0.2) is 0 Å². The lowest BCUT2D eigenvalue weighted by molar-refractivity contribution is -0.906. The highest BCUT2D eigenvalue weighted by atomic mass is 16.3. The molecule has 0 spiro atoms. The number of aromatic nitrogens is 2. The predicted octanol–water partition coefficient (Wildman–Crippen LogP) is 0.895. The van der Waals surface area contributed by atoms with Gasteiger partial charge >= 0.3 is 0 Å². The molecule has 158 valence electrons. The van der Waals surface area contributed by atoms with Crippen molar-refractivity contribution in [1.29, 1.82) is 0 Å². The first kappa shape index (κ1) is 20.6. The van der Waals surface area contributed by atoms with Crippen LogP contribution < -0.4 is 4.90 Å². The predicted molar refractivity (Wildman–Crippen MR) is 119 cm³/mol. The summed E-state index contributed by atoms with van der Waals surface area (Å²) in [7, 11) is 0. The van der Waals surface area contributed by atoms with Crippen molar-refractivity contribution >= 4 is 21.8 Å². The van der Waals surface area contributed by atoms with Crippen molar-refractivity contribution in [3.8, 4) is 0 Å². The molecule has 6 heteroatoms. The van der Waals surface area contributed by atoms with Crippen LogP contribution in [0.1, 0.15) is 0 Å². The largest absolute Gasteiger partial charge is 0.391 e. The zero-order valence-electron chi connectivity index (χ0n) is 17.1. The third kappa shape index (κ3) is 4.74. The number of fused-ring (bicyclic) bond motifs is 2. The molecule has 2 aromatic carbocycles. The van der Waals surface area contributed by atoms with E-state index in [4.69, 9.17) is 0 Å². The number of aliphatic hydroxyl groups excluding tert-OH is 3. The van der Waals surface area contributed by atoms with Crippen LogP contribution in [0.3, 0.4) is 0 Å². The number of aliphatic hydroxyl groups is 3. The fourth-order valence-corrected chi connectivity index (χ4v) is 4.29. The topological polar surface area (TPSA) is 75.0 Å². The van der Waals surface area contributed by atoms with E-state index in [2.05, 4.69) is 21.3 Å². The summed E-state index contributed by atoms with van der Waals surface area (Å²) in [6.07, 6.45) is 2.85. The summed E-state index contributed by atoms with van der Waals surface area (Å²) in [5.41, 5.74) is 2.19. The second-order valence-corrected chi connectivity index (χ2v) is 7.99. The van der Waals surface area contributed by atoms with Crippen molar-refractivity contribution in [2.24, 2.45) is 0 Å². The van der Waals surface area contributed by atoms with Crippen LogP contribution in [0, 0.1) is 0 Å². The van der Waals surface area contributed by atoms with E-state index in [1.165, 1.54) is 0 Å². The Labute approximate surface area is 176 Å². The number of rotatable bonds is 10. The van der Waals surface area contributed by atoms with Crippen molar-refractivity contribution in [3.63, 3.8) is 0 Å². The lowest BCUT2D eigenvalue weighted by atomic mass is 10.2. The van der Waals surface area contributed by atoms with Gasteiger partial charge in [0.25, 0.3) is 0 Å². The Morgan fingerprint density at radius 1 is 0.700 bits per heavy atom. The molecule has 0 radical (unpaired) electrons. The Morgan fingerprint density at radius 2 is 1.17 bits per heavy atom. The van der Waals surface area contributed by atoms with Gasteiger partial charge in [0.1, 0.15) is 31.8 Å². The van der Waals surface area contributed by atoms with Crippen LogP contribution >= 0.6 is 0 Å². The molecule has 0 bridgehead atoms. The van der Waals surface area contributed by atoms with Crippen LogP contribution in [0.5, 0.6) is 0 Å². The molecular weight excluding hydrogens is 378 g/mol. The van der Waals surface area contributed by atoms with Crippen LogP contribution in [0.4, 0.5) is 0 Å². The second-order valence-electron chi connectivity index (χ2n) is 7.99. The van der Waals surface area contributed by atoms with Gasteiger partial charge in [-0.25, -0.2) is 0 Å². The normalized spacial score (nSPS) is 14.0. The first-order valence-electron chi connectivity index (χ1n) is 10.5. The zero-order chi connectivity index (χ0) is 20.9. The van der Waals surface area contributed by atoms with E-state index in [-0.39, 0.29) is 6.61 Å². The molecule has 2 aromatic heterocycles. The van der Waals surface area contributed by atoms with E-state index in [1.807, 2.05) is 60.9 Å². The Morgan fingerprint density at radius 3 is 1.63 bits per heavy atom. The van der Waals surface area contributed by atoms with Gasteiger partial charge in [-0.15, -0.1) is 0 Å². The molecular formula is C24H30N3O3+. The standard InChI is InChI=1S/C24H29N3O3/c28-14-13-25(15-21(29)17-26-11-9-19-5-1-3-7-23(19)26)16-22(30)18-27-12-10-20-6-2-4-8-24(20)27/h1-12,21-22,28-30H,13-18H2/p+1/t21-,22-/m0/s1. The summed E-state index contributed by atoms with van der Waals surface area (Å²) in [6.45, 7) is 2.43. The van der Waals surface area contributed by atoms with Gasteiger partial charge in [0.2, 0.25) is 0 Å². The van der Waals surface area contributed by atoms with Gasteiger partial charge in [-0.3, -0.25) is 0 Å². The smallest absolute Gasteiger partial charge is 0.121 e. The molecule has 4 N–H and O–H groups in total. The number of hydrogen-bond donors (Lipinski definition) is 4. The number of quaternary nitrogens is 1. The summed E-state index contributed by atoms with van der Waals surface area (Å²) in [6, 6.07) is 20.3. The number of para-hydroxylation sites is 2. The molecule has 0 amide bonds. The lowest BCUT2D eigenvalue weighted by Gasteiger charge is -2.24. The third-order valence-electron chi connectivity index (χ3n) is 5.69. The summed E-state index contributed by atoms with van der Waals surface area (Å²) in [5.74, 6) is 0. The summed E-state index contributed by atoms with van der Waals surface area (Å²) < 4.78 is 4.11. The minimum Gasteiger partial charge on any atom is -0.391 e. The van der Waals surface area contributed by atoms with E-state index in [0.717, 1.165) is 26.7 Å². The maximum atomic E-state index is 10.7. The van der Waals surface area contributed by atoms with Crippen molar-refractivity contribution in [1.82, 2.24) is 9.13 Å². The van der Waals surface area contributed by atoms with E-state index in [0.29, 0.717) is 32.7 Å². The van der Waals surface area contributed by atoms with E-state index < -0.39 is 12.2 Å². The highest BCUT2D eigenvalue weighted by Gasteiger charge is 2.20. The first-order chi connectivity index (χ1) is 14.6. The molecule has 0 saturated carbocycles. The highest BCUT2D eigenvalue weighted by molar-refractivity contribution is 5.80. The van der Waals surface area contributed by atoms with E-state index in [1.54, 1.807) is 0 Å². The summed E-state index contributed by atoms with van der Waals surface area (Å²) >= 11 is 0. The van der Waals surface area contributed by atoms with Crippen molar-refractivity contribution in [2.75, 3.05) is 26.2 Å². The average Bonchev–Trinajstić information content (AvgIpc) is 3.33. The van der Waals surface area contributed by atoms with Gasteiger partial charge in [-0.2, -0.15) is 0 Å². The van der Waals surface area contributed by atoms with Crippen LogP contribution in [0.2, 0.25) is 0 Å². The van der Waals surface area contributed by atoms with Gasteiger partial charge in [0.05, 0.1) is 19.7 Å². The molecule has 30 heavy (non-hydrogen) atoms. The molecule has 4 rings (SSSR count). The zero-order valence-corrected chi connectivity index (χ0v) is 17.1. The molecule has 2 heterocycles. The minimum atomic E-state index is -0.568. The number of nitrogens with zero attached hydrogens (tertiary/aromatic N) is 2. The van der Waals surface area contributed by atoms with Gasteiger partial charge in [0, 0.05) is 23.4 Å². The maximum Gasteiger partial charge on any atom is 0.121 e. The van der Waals surface area contributed by atoms with Crippen molar-refractivity contribution in [3.05, 3.63) is 73.1 Å². The molecule has 0 fully saturated rings. The SMILES string of the molecule is OCC[NH+](C[C@H](O)Cn1ccc2ccccc21)C[C@H](O)Cn1ccc2ccccc21. The Hall–Kier alpha value is -2.64. The number of hydrogen-bond acceptors (Lipinski definition) is 3. The summed E-state index contributed by atoms with van der Waals surface area (Å²) in [4.78, 5) is 0.991. The molecule has 2 atom stereocenters. The fraction of sp³-hybridized carbons (Fsp3) is 0.333. The molecule has 6 nitrogen and oxygen atoms in total. The monoisotopic (exact) mass is 408 g/mol. The van der Waals surface area contributed by atoms with Crippen LogP contribution in [0.15, 0.2) is 73.1 Å². The molecule has 0 aliphatic carbocycles. The average molecular weight is 409 g/mol. The maximum absolute atomic E-state index is 10.7. The quantitative estimate of drug-likeness (QED) is 0.315.